The summed E-state index contributed by atoms with van der Waals surface area (Å²) in [5.41, 5.74) is 0.250. The Balaban J connectivity index is 2.10. The number of nitrogens with one attached hydrogen (secondary N) is 1. The predicted molar refractivity (Wildman–Crippen MR) is 103 cm³/mol. The molecule has 8 heteroatoms. The van der Waals surface area contributed by atoms with Gasteiger partial charge in [-0.25, -0.2) is 0 Å². The second kappa shape index (κ2) is 7.71. The molecule has 1 atom stereocenters. The first-order valence-corrected chi connectivity index (χ1v) is 9.21. The highest BCUT2D eigenvalue weighted by molar-refractivity contribution is 7.03. The maximum absolute atomic E-state index is 13.2. The molecule has 2 heterocycles. The van der Waals surface area contributed by atoms with Crippen LogP contribution in [-0.2, 0) is 4.79 Å². The maximum Gasteiger partial charge on any atom is 0.280 e. The number of hydrogen-bond donors (Lipinski definition) is 1. The molecule has 0 radical (unpaired) electrons. The number of anilines is 1. The number of aromatic nitrogens is 2. The van der Waals surface area contributed by atoms with E-state index in [0.29, 0.717) is 11.4 Å². The van der Waals surface area contributed by atoms with E-state index in [2.05, 4.69) is 14.9 Å². The van der Waals surface area contributed by atoms with E-state index >= 15 is 0 Å². The topological polar surface area (TPSA) is 88.3 Å². The van der Waals surface area contributed by atoms with Gasteiger partial charge in [0.15, 0.2) is 11.7 Å². The van der Waals surface area contributed by atoms with E-state index < -0.39 is 17.5 Å². The van der Waals surface area contributed by atoms with Gasteiger partial charge in [-0.15, -0.1) is 5.10 Å². The molecule has 2 aromatic heterocycles. The van der Waals surface area contributed by atoms with Gasteiger partial charge in [0, 0.05) is 16.6 Å². The van der Waals surface area contributed by atoms with Gasteiger partial charge in [-0.2, -0.15) is 0 Å². The lowest BCUT2D eigenvalue weighted by atomic mass is 10.1. The fourth-order valence-electron chi connectivity index (χ4n) is 2.61. The molecular weight excluding hydrogens is 364 g/mol. The van der Waals surface area contributed by atoms with Gasteiger partial charge in [-0.1, -0.05) is 22.7 Å². The number of amides is 2. The normalized spacial score (nSPS) is 12.4. The molecule has 0 aliphatic carbocycles. The fraction of sp³-hybridized carbons (Fsp3) is 0.263. The molecule has 1 N–H and O–H groups in total. The third-order valence-electron chi connectivity index (χ3n) is 3.65. The summed E-state index contributed by atoms with van der Waals surface area (Å²) < 4.78 is 9.28. The zero-order valence-electron chi connectivity index (χ0n) is 15.2. The van der Waals surface area contributed by atoms with E-state index in [1.54, 1.807) is 41.8 Å². The number of furan rings is 1. The van der Waals surface area contributed by atoms with Crippen molar-refractivity contribution in [3.05, 3.63) is 65.6 Å². The molecule has 3 aromatic rings. The minimum Gasteiger partial charge on any atom is -0.467 e. The van der Waals surface area contributed by atoms with Crippen LogP contribution in [-0.4, -0.2) is 26.9 Å². The molecule has 0 saturated carbocycles. The van der Waals surface area contributed by atoms with Gasteiger partial charge < -0.3 is 9.73 Å². The van der Waals surface area contributed by atoms with E-state index in [1.165, 1.54) is 11.2 Å². The van der Waals surface area contributed by atoms with Crippen molar-refractivity contribution in [3.8, 4) is 0 Å². The molecule has 2 amide bonds. The number of nitrogens with zero attached hydrogens (tertiary/aromatic N) is 3. The molecule has 0 aliphatic rings. The van der Waals surface area contributed by atoms with E-state index in [9.17, 15) is 9.59 Å². The summed E-state index contributed by atoms with van der Waals surface area (Å²) in [6.07, 6.45) is 1.48. The van der Waals surface area contributed by atoms with Crippen LogP contribution >= 0.6 is 11.5 Å². The molecule has 1 aromatic carbocycles. The fourth-order valence-corrected chi connectivity index (χ4v) is 3.04. The Morgan fingerprint density at radius 1 is 1.15 bits per heavy atom. The number of carbonyl (C=O) groups excluding carboxylic acids is 2. The van der Waals surface area contributed by atoms with Gasteiger partial charge in [0.2, 0.25) is 0 Å². The Hall–Kier alpha value is -3.00. The lowest BCUT2D eigenvalue weighted by Gasteiger charge is -2.31. The average Bonchev–Trinajstić information content (AvgIpc) is 3.31. The van der Waals surface area contributed by atoms with Crippen molar-refractivity contribution in [2.45, 2.75) is 32.4 Å². The van der Waals surface area contributed by atoms with Crippen LogP contribution in [0.4, 0.5) is 5.69 Å². The summed E-state index contributed by atoms with van der Waals surface area (Å²) in [6, 6.07) is 11.3. The van der Waals surface area contributed by atoms with Crippen LogP contribution in [0.25, 0.3) is 0 Å². The molecular formula is C19H20N4O3S. The molecule has 27 heavy (non-hydrogen) atoms. The van der Waals surface area contributed by atoms with E-state index in [1.807, 2.05) is 26.8 Å². The first-order valence-electron chi connectivity index (χ1n) is 8.38. The SMILES string of the molecule is CC(C)(C)NC(=O)[C@@H](c1ccco1)N(C(=O)c1csnn1)c1ccccc1. The Labute approximate surface area is 161 Å². The Bertz CT molecular complexity index is 887. The van der Waals surface area contributed by atoms with Crippen LogP contribution in [0.3, 0.4) is 0 Å². The molecule has 140 valence electrons. The molecule has 3 rings (SSSR count). The van der Waals surface area contributed by atoms with Crippen LogP contribution in [0, 0.1) is 0 Å². The first-order chi connectivity index (χ1) is 12.9. The number of carbonyl (C=O) groups is 2. The molecule has 0 fully saturated rings. The molecule has 0 saturated heterocycles. The maximum atomic E-state index is 13.2. The zero-order valence-corrected chi connectivity index (χ0v) is 16.1. The van der Waals surface area contributed by atoms with Crippen LogP contribution in [0.15, 0.2) is 58.5 Å². The number of rotatable bonds is 5. The zero-order chi connectivity index (χ0) is 19.4. The minimum absolute atomic E-state index is 0.170. The summed E-state index contributed by atoms with van der Waals surface area (Å²) in [5, 5.41) is 8.36. The average molecular weight is 384 g/mol. The largest absolute Gasteiger partial charge is 0.467 e. The van der Waals surface area contributed by atoms with Gasteiger partial charge in [0.25, 0.3) is 11.8 Å². The van der Waals surface area contributed by atoms with Crippen molar-refractivity contribution in [1.29, 1.82) is 0 Å². The van der Waals surface area contributed by atoms with Crippen molar-refractivity contribution in [2.24, 2.45) is 0 Å². The molecule has 0 aliphatic heterocycles. The monoisotopic (exact) mass is 384 g/mol. The predicted octanol–water partition coefficient (Wildman–Crippen LogP) is 3.43. The Kier molecular flexibility index (Phi) is 5.36. The van der Waals surface area contributed by atoms with Gasteiger partial charge in [-0.05, 0) is 56.6 Å². The van der Waals surface area contributed by atoms with Crippen molar-refractivity contribution < 1.29 is 14.0 Å². The highest BCUT2D eigenvalue weighted by atomic mass is 32.1. The lowest BCUT2D eigenvalue weighted by Crippen LogP contribution is -2.49. The summed E-state index contributed by atoms with van der Waals surface area (Å²) in [5.74, 6) is -0.421. The highest BCUT2D eigenvalue weighted by Crippen LogP contribution is 2.30. The third-order valence-corrected chi connectivity index (χ3v) is 4.15. The van der Waals surface area contributed by atoms with E-state index in [0.717, 1.165) is 11.5 Å². The smallest absolute Gasteiger partial charge is 0.280 e. The van der Waals surface area contributed by atoms with Gasteiger partial charge in [0.1, 0.15) is 5.76 Å². The van der Waals surface area contributed by atoms with Crippen molar-refractivity contribution in [1.82, 2.24) is 14.9 Å². The molecule has 0 spiro atoms. The summed E-state index contributed by atoms with van der Waals surface area (Å²) in [4.78, 5) is 27.8. The number of benzene rings is 1. The Morgan fingerprint density at radius 2 is 1.89 bits per heavy atom. The molecule has 7 nitrogen and oxygen atoms in total. The standard InChI is InChI=1S/C19H20N4O3S/c1-19(2,3)20-17(24)16(15-10-7-11-26-15)23(13-8-5-4-6-9-13)18(25)14-12-27-22-21-14/h4-12,16H,1-3H3,(H,20,24)/t16-/m1/s1. The second-order valence-electron chi connectivity index (χ2n) is 6.96. The van der Waals surface area contributed by atoms with Gasteiger partial charge in [-0.3, -0.25) is 14.5 Å². The van der Waals surface area contributed by atoms with Crippen LogP contribution in [0.2, 0.25) is 0 Å². The molecule has 0 unspecified atom stereocenters. The van der Waals surface area contributed by atoms with E-state index in [4.69, 9.17) is 4.42 Å². The first kappa shape index (κ1) is 18.8. The highest BCUT2D eigenvalue weighted by Gasteiger charge is 2.37. The molecule has 0 bridgehead atoms. The van der Waals surface area contributed by atoms with Crippen molar-refractivity contribution in [3.63, 3.8) is 0 Å². The van der Waals surface area contributed by atoms with Crippen molar-refractivity contribution in [2.75, 3.05) is 4.90 Å². The van der Waals surface area contributed by atoms with Gasteiger partial charge in [0.05, 0.1) is 6.26 Å². The van der Waals surface area contributed by atoms with Gasteiger partial charge >= 0.3 is 0 Å². The van der Waals surface area contributed by atoms with Crippen LogP contribution < -0.4 is 10.2 Å². The lowest BCUT2D eigenvalue weighted by molar-refractivity contribution is -0.124. The number of hydrogen-bond acceptors (Lipinski definition) is 6. The third kappa shape index (κ3) is 4.40. The summed E-state index contributed by atoms with van der Waals surface area (Å²) in [7, 11) is 0. The quantitative estimate of drug-likeness (QED) is 0.728. The van der Waals surface area contributed by atoms with Crippen LogP contribution in [0.5, 0.6) is 0 Å². The van der Waals surface area contributed by atoms with E-state index in [-0.39, 0.29) is 11.6 Å². The van der Waals surface area contributed by atoms with Crippen molar-refractivity contribution >= 4 is 29.0 Å². The minimum atomic E-state index is -0.990. The summed E-state index contributed by atoms with van der Waals surface area (Å²) >= 11 is 1.08. The number of para-hydroxylation sites is 1. The van der Waals surface area contributed by atoms with Crippen LogP contribution in [0.1, 0.15) is 43.1 Å². The summed E-state index contributed by atoms with van der Waals surface area (Å²) in [6.45, 7) is 5.63. The second-order valence-corrected chi connectivity index (χ2v) is 7.57. The Morgan fingerprint density at radius 3 is 2.44 bits per heavy atom.